The fourth-order valence-electron chi connectivity index (χ4n) is 1.41. The average molecular weight is 240 g/mol. The van der Waals surface area contributed by atoms with Gasteiger partial charge in [0.1, 0.15) is 0 Å². The summed E-state index contributed by atoms with van der Waals surface area (Å²) in [6, 6.07) is 7.53. The lowest BCUT2D eigenvalue weighted by molar-refractivity contribution is 0.425. The zero-order valence-corrected chi connectivity index (χ0v) is 10.3. The van der Waals surface area contributed by atoms with Crippen LogP contribution >= 0.6 is 18.5 Å². The summed E-state index contributed by atoms with van der Waals surface area (Å²) in [4.78, 5) is 1.15. The minimum atomic E-state index is -1.35. The first-order valence-corrected chi connectivity index (χ1v) is 8.31. The molecule has 1 atom stereocenters. The molecule has 1 saturated carbocycles. The smallest absolute Gasteiger partial charge is 0.423 e. The first kappa shape index (κ1) is 11.5. The van der Waals surface area contributed by atoms with Gasteiger partial charge in [-0.1, -0.05) is 23.5 Å². The molecule has 2 nitrogen and oxygen atoms in total. The van der Waals surface area contributed by atoms with Crippen LogP contribution in [0.1, 0.15) is 12.8 Å². The molecule has 1 fully saturated rings. The number of hydrogen-bond acceptors (Lipinski definition) is 3. The van der Waals surface area contributed by atoms with Crippen LogP contribution in [-0.2, 0) is 0 Å². The number of hydrogen-bond donors (Lipinski definition) is 2. The van der Waals surface area contributed by atoms with Gasteiger partial charge in [0.2, 0.25) is 0 Å². The van der Waals surface area contributed by atoms with Gasteiger partial charge in [0.05, 0.1) is 0 Å². The van der Waals surface area contributed by atoms with Crippen LogP contribution < -0.4 is 5.46 Å². The van der Waals surface area contributed by atoms with E-state index in [-0.39, 0.29) is 7.12 Å². The Morgan fingerprint density at radius 1 is 1.40 bits per heavy atom. The largest absolute Gasteiger partial charge is 0.488 e. The molecule has 1 aliphatic rings. The van der Waals surface area contributed by atoms with E-state index >= 15 is 0 Å². The zero-order chi connectivity index (χ0) is 10.8. The van der Waals surface area contributed by atoms with Crippen molar-refractivity contribution in [1.29, 1.82) is 0 Å². The van der Waals surface area contributed by atoms with E-state index in [0.717, 1.165) is 10.6 Å². The van der Waals surface area contributed by atoms with Gasteiger partial charge in [-0.2, -0.15) is 0 Å². The van der Waals surface area contributed by atoms with Gasteiger partial charge in [-0.3, -0.25) is 0 Å². The van der Waals surface area contributed by atoms with Gasteiger partial charge in [0, 0.05) is 4.90 Å². The molecular weight excluding hydrogens is 226 g/mol. The molecule has 1 aromatic rings. The van der Waals surface area contributed by atoms with Crippen LogP contribution in [0.25, 0.3) is 0 Å². The van der Waals surface area contributed by atoms with Gasteiger partial charge in [0.15, 0.2) is 0 Å². The molecule has 1 unspecified atom stereocenters. The predicted octanol–water partition coefficient (Wildman–Crippen LogP) is 1.65. The zero-order valence-electron chi connectivity index (χ0n) is 8.63. The Kier molecular flexibility index (Phi) is 3.73. The number of rotatable bonds is 4. The topological polar surface area (TPSA) is 40.5 Å². The lowest BCUT2D eigenvalue weighted by Gasteiger charge is -2.10. The van der Waals surface area contributed by atoms with Crippen molar-refractivity contribution in [3.05, 3.63) is 24.3 Å². The summed E-state index contributed by atoms with van der Waals surface area (Å²) in [5, 5.41) is 18.1. The summed E-state index contributed by atoms with van der Waals surface area (Å²) in [6.45, 7) is 2.31. The molecule has 0 aromatic heterocycles. The lowest BCUT2D eigenvalue weighted by Crippen LogP contribution is -2.29. The fourth-order valence-corrected chi connectivity index (χ4v) is 5.51. The van der Waals surface area contributed by atoms with Crippen LogP contribution in [0, 0.1) is 0 Å². The summed E-state index contributed by atoms with van der Waals surface area (Å²) in [7, 11) is -1.34. The second-order valence-corrected chi connectivity index (χ2v) is 8.57. The Balaban J connectivity index is 2.03. The van der Waals surface area contributed by atoms with E-state index in [1.165, 1.54) is 12.8 Å². The van der Waals surface area contributed by atoms with E-state index in [4.69, 9.17) is 10.0 Å². The molecule has 2 rings (SSSR count). The van der Waals surface area contributed by atoms with Crippen LogP contribution in [0.4, 0.5) is 0 Å². The van der Waals surface area contributed by atoms with Gasteiger partial charge in [-0.05, 0) is 49.9 Å². The molecular formula is C10H14BO2PS. The van der Waals surface area contributed by atoms with Crippen molar-refractivity contribution < 1.29 is 10.0 Å². The minimum absolute atomic E-state index is 0.0170. The first-order chi connectivity index (χ1) is 7.16. The van der Waals surface area contributed by atoms with Crippen molar-refractivity contribution in [2.24, 2.45) is 0 Å². The SMILES string of the molecule is CP(Sc1cccc(B(O)O)c1)C1CC1. The van der Waals surface area contributed by atoms with Crippen molar-refractivity contribution in [3.8, 4) is 0 Å². The van der Waals surface area contributed by atoms with E-state index < -0.39 is 7.12 Å². The molecule has 0 heterocycles. The Labute approximate surface area is 95.7 Å². The highest BCUT2D eigenvalue weighted by Gasteiger charge is 2.28. The molecule has 80 valence electrons. The van der Waals surface area contributed by atoms with Crippen molar-refractivity contribution in [3.63, 3.8) is 0 Å². The average Bonchev–Trinajstić information content (AvgIpc) is 3.01. The highest BCUT2D eigenvalue weighted by atomic mass is 32.7. The molecule has 1 aromatic carbocycles. The van der Waals surface area contributed by atoms with Crippen molar-refractivity contribution in [2.45, 2.75) is 23.4 Å². The molecule has 0 radical (unpaired) electrons. The monoisotopic (exact) mass is 240 g/mol. The summed E-state index contributed by atoms with van der Waals surface area (Å²) in [5.74, 6) is 0. The van der Waals surface area contributed by atoms with Crippen LogP contribution in [0.15, 0.2) is 29.2 Å². The standard InChI is InChI=1S/C10H14BO2PS/c1-14(9-5-6-9)15-10-4-2-3-8(7-10)11(12)13/h2-4,7,9,12-13H,5-6H2,1H3. The maximum Gasteiger partial charge on any atom is 0.488 e. The quantitative estimate of drug-likeness (QED) is 0.621. The Morgan fingerprint density at radius 3 is 2.73 bits per heavy atom. The normalized spacial score (nSPS) is 17.5. The summed E-state index contributed by atoms with van der Waals surface area (Å²) in [5.41, 5.74) is 1.51. The molecule has 0 amide bonds. The summed E-state index contributed by atoms with van der Waals surface area (Å²) < 4.78 is 0. The minimum Gasteiger partial charge on any atom is -0.423 e. The van der Waals surface area contributed by atoms with Gasteiger partial charge < -0.3 is 10.0 Å². The van der Waals surface area contributed by atoms with Crippen molar-refractivity contribution in [1.82, 2.24) is 0 Å². The third-order valence-electron chi connectivity index (χ3n) is 2.47. The molecule has 5 heteroatoms. The van der Waals surface area contributed by atoms with Crippen LogP contribution in [0.5, 0.6) is 0 Å². The van der Waals surface area contributed by atoms with Crippen LogP contribution in [-0.4, -0.2) is 29.5 Å². The molecule has 0 bridgehead atoms. The van der Waals surface area contributed by atoms with Gasteiger partial charge in [0.25, 0.3) is 0 Å². The first-order valence-electron chi connectivity index (χ1n) is 5.04. The van der Waals surface area contributed by atoms with E-state index in [0.29, 0.717) is 5.46 Å². The van der Waals surface area contributed by atoms with E-state index in [2.05, 4.69) is 6.66 Å². The Bertz CT molecular complexity index is 344. The molecule has 15 heavy (non-hydrogen) atoms. The fraction of sp³-hybridized carbons (Fsp3) is 0.400. The lowest BCUT2D eigenvalue weighted by atomic mass is 9.81. The van der Waals surface area contributed by atoms with E-state index in [1.54, 1.807) is 6.07 Å². The summed E-state index contributed by atoms with van der Waals surface area (Å²) in [6.07, 6.45) is 2.75. The summed E-state index contributed by atoms with van der Waals surface area (Å²) >= 11 is 1.89. The molecule has 0 saturated heterocycles. The van der Waals surface area contributed by atoms with E-state index in [9.17, 15) is 0 Å². The maximum absolute atomic E-state index is 9.06. The second-order valence-electron chi connectivity index (χ2n) is 3.81. The van der Waals surface area contributed by atoms with Crippen molar-refractivity contribution >= 4 is 31.1 Å². The van der Waals surface area contributed by atoms with Crippen LogP contribution in [0.2, 0.25) is 0 Å². The predicted molar refractivity (Wildman–Crippen MR) is 68.0 cm³/mol. The molecule has 0 aliphatic heterocycles. The van der Waals surface area contributed by atoms with Gasteiger partial charge in [-0.15, -0.1) is 0 Å². The van der Waals surface area contributed by atoms with Crippen molar-refractivity contribution in [2.75, 3.05) is 6.66 Å². The Morgan fingerprint density at radius 2 is 2.13 bits per heavy atom. The maximum atomic E-state index is 9.06. The molecule has 1 aliphatic carbocycles. The van der Waals surface area contributed by atoms with Crippen LogP contribution in [0.3, 0.4) is 0 Å². The Hall–Kier alpha value is -0.0151. The third kappa shape index (κ3) is 3.22. The highest BCUT2D eigenvalue weighted by molar-refractivity contribution is 8.55. The third-order valence-corrected chi connectivity index (χ3v) is 7.16. The van der Waals surface area contributed by atoms with Gasteiger partial charge in [-0.25, -0.2) is 0 Å². The van der Waals surface area contributed by atoms with Gasteiger partial charge >= 0.3 is 7.12 Å². The highest BCUT2D eigenvalue weighted by Crippen LogP contribution is 2.62. The second kappa shape index (κ2) is 4.88. The molecule has 2 N–H and O–H groups in total. The molecule has 0 spiro atoms. The van der Waals surface area contributed by atoms with E-state index in [1.807, 2.05) is 29.6 Å². The number of benzene rings is 1.